The molecule has 0 saturated carbocycles. The summed E-state index contributed by atoms with van der Waals surface area (Å²) < 4.78 is 5.23. The molecule has 6 nitrogen and oxygen atoms in total. The summed E-state index contributed by atoms with van der Waals surface area (Å²) in [7, 11) is 0. The van der Waals surface area contributed by atoms with Crippen LogP contribution in [0.1, 0.15) is 13.3 Å². The molecule has 16 heavy (non-hydrogen) atoms. The zero-order valence-electron chi connectivity index (χ0n) is 9.83. The van der Waals surface area contributed by atoms with E-state index in [9.17, 15) is 4.79 Å². The monoisotopic (exact) mass is 231 g/mol. The Bertz CT molecular complexity index is 196. The number of carbonyl (C=O) groups excluding carboxylic acids is 1. The van der Waals surface area contributed by atoms with Gasteiger partial charge in [0.1, 0.15) is 0 Å². The summed E-state index contributed by atoms with van der Waals surface area (Å²) in [6, 6.07) is -0.274. The maximum Gasteiger partial charge on any atom is 0.338 e. The maximum absolute atomic E-state index is 11.1. The largest absolute Gasteiger partial charge is 0.379 e. The molecule has 0 atom stereocenters. The molecule has 94 valence electrons. The van der Waals surface area contributed by atoms with E-state index in [0.29, 0.717) is 13.2 Å². The maximum atomic E-state index is 11.1. The van der Waals surface area contributed by atoms with Crippen molar-refractivity contribution in [1.29, 1.82) is 0 Å². The van der Waals surface area contributed by atoms with Crippen molar-refractivity contribution in [3.8, 4) is 0 Å². The van der Waals surface area contributed by atoms with E-state index in [4.69, 9.17) is 9.57 Å². The average Bonchev–Trinajstić information content (AvgIpc) is 2.33. The standard InChI is InChI=1S/C10H21N3O3/c1-2-3-11-10(14)12-16-9-6-13-4-7-15-8-5-13/h2-9H2,1H3,(H2,11,12,14). The second-order valence-electron chi connectivity index (χ2n) is 3.66. The number of nitrogens with zero attached hydrogens (tertiary/aromatic N) is 1. The lowest BCUT2D eigenvalue weighted by Crippen LogP contribution is -2.41. The fourth-order valence-corrected chi connectivity index (χ4v) is 1.39. The third-order valence-corrected chi connectivity index (χ3v) is 2.31. The molecule has 0 spiro atoms. The zero-order chi connectivity index (χ0) is 11.6. The van der Waals surface area contributed by atoms with Gasteiger partial charge in [0, 0.05) is 26.2 Å². The predicted octanol–water partition coefficient (Wildman–Crippen LogP) is -0.0406. The summed E-state index contributed by atoms with van der Waals surface area (Å²) in [4.78, 5) is 18.4. The molecule has 0 aromatic carbocycles. The van der Waals surface area contributed by atoms with Crippen LogP contribution in [-0.2, 0) is 9.57 Å². The van der Waals surface area contributed by atoms with Crippen molar-refractivity contribution in [2.45, 2.75) is 13.3 Å². The molecule has 0 aliphatic carbocycles. The van der Waals surface area contributed by atoms with Gasteiger partial charge in [-0.2, -0.15) is 0 Å². The number of hydrogen-bond donors (Lipinski definition) is 2. The molecule has 0 unspecified atom stereocenters. The van der Waals surface area contributed by atoms with Gasteiger partial charge in [0.15, 0.2) is 0 Å². The smallest absolute Gasteiger partial charge is 0.338 e. The molecule has 1 saturated heterocycles. The van der Waals surface area contributed by atoms with Gasteiger partial charge in [0.05, 0.1) is 19.8 Å². The van der Waals surface area contributed by atoms with Crippen LogP contribution in [0.5, 0.6) is 0 Å². The van der Waals surface area contributed by atoms with Crippen molar-refractivity contribution >= 4 is 6.03 Å². The minimum atomic E-state index is -0.274. The van der Waals surface area contributed by atoms with Crippen molar-refractivity contribution in [1.82, 2.24) is 15.7 Å². The molecule has 2 N–H and O–H groups in total. The predicted molar refractivity (Wildman–Crippen MR) is 60.0 cm³/mol. The normalized spacial score (nSPS) is 17.1. The first kappa shape index (κ1) is 13.2. The Morgan fingerprint density at radius 3 is 2.88 bits per heavy atom. The topological polar surface area (TPSA) is 62.8 Å². The van der Waals surface area contributed by atoms with Crippen molar-refractivity contribution in [2.24, 2.45) is 0 Å². The van der Waals surface area contributed by atoms with Gasteiger partial charge in [-0.3, -0.25) is 9.74 Å². The van der Waals surface area contributed by atoms with Gasteiger partial charge in [0.25, 0.3) is 0 Å². The second-order valence-corrected chi connectivity index (χ2v) is 3.66. The molecular weight excluding hydrogens is 210 g/mol. The van der Waals surface area contributed by atoms with Crippen LogP contribution < -0.4 is 10.8 Å². The fraction of sp³-hybridized carbons (Fsp3) is 0.900. The minimum Gasteiger partial charge on any atom is -0.379 e. The van der Waals surface area contributed by atoms with Crippen LogP contribution in [0.25, 0.3) is 0 Å². The van der Waals surface area contributed by atoms with Crippen LogP contribution in [0.3, 0.4) is 0 Å². The highest BCUT2D eigenvalue weighted by Crippen LogP contribution is 1.95. The summed E-state index contributed by atoms with van der Waals surface area (Å²) in [6.45, 7) is 7.42. The van der Waals surface area contributed by atoms with Crippen molar-refractivity contribution in [3.05, 3.63) is 0 Å². The van der Waals surface area contributed by atoms with Crippen LogP contribution in [0, 0.1) is 0 Å². The molecule has 1 fully saturated rings. The van der Waals surface area contributed by atoms with Gasteiger partial charge >= 0.3 is 6.03 Å². The number of ether oxygens (including phenoxy) is 1. The lowest BCUT2D eigenvalue weighted by Gasteiger charge is -2.26. The fourth-order valence-electron chi connectivity index (χ4n) is 1.39. The first-order valence-corrected chi connectivity index (χ1v) is 5.78. The van der Waals surface area contributed by atoms with E-state index >= 15 is 0 Å². The highest BCUT2D eigenvalue weighted by atomic mass is 16.7. The molecule has 0 aromatic rings. The van der Waals surface area contributed by atoms with Crippen molar-refractivity contribution < 1.29 is 14.4 Å². The summed E-state index contributed by atoms with van der Waals surface area (Å²) >= 11 is 0. The van der Waals surface area contributed by atoms with Crippen LogP contribution in [0.15, 0.2) is 0 Å². The number of nitrogens with one attached hydrogen (secondary N) is 2. The quantitative estimate of drug-likeness (QED) is 0.497. The van der Waals surface area contributed by atoms with Crippen LogP contribution in [0.2, 0.25) is 0 Å². The summed E-state index contributed by atoms with van der Waals surface area (Å²) in [5, 5.41) is 2.66. The van der Waals surface area contributed by atoms with E-state index in [0.717, 1.165) is 39.3 Å². The Balaban J connectivity index is 1.92. The van der Waals surface area contributed by atoms with Gasteiger partial charge in [-0.15, -0.1) is 0 Å². The SMILES string of the molecule is CCCNC(=O)NOCCN1CCOCC1. The van der Waals surface area contributed by atoms with E-state index in [-0.39, 0.29) is 6.03 Å². The van der Waals surface area contributed by atoms with E-state index in [1.54, 1.807) is 0 Å². The molecule has 1 heterocycles. The molecule has 6 heteroatoms. The van der Waals surface area contributed by atoms with Gasteiger partial charge in [-0.25, -0.2) is 10.3 Å². The third kappa shape index (κ3) is 5.89. The van der Waals surface area contributed by atoms with Crippen LogP contribution >= 0.6 is 0 Å². The van der Waals surface area contributed by atoms with Crippen LogP contribution in [0.4, 0.5) is 4.79 Å². The highest BCUT2D eigenvalue weighted by molar-refractivity contribution is 5.72. The summed E-state index contributed by atoms with van der Waals surface area (Å²) in [5.74, 6) is 0. The van der Waals surface area contributed by atoms with Gasteiger partial charge in [0.2, 0.25) is 0 Å². The summed E-state index contributed by atoms with van der Waals surface area (Å²) in [5.41, 5.74) is 2.35. The molecule has 2 amide bonds. The molecule has 1 rings (SSSR count). The van der Waals surface area contributed by atoms with Gasteiger partial charge in [-0.1, -0.05) is 6.92 Å². The average molecular weight is 231 g/mol. The van der Waals surface area contributed by atoms with Crippen LogP contribution in [-0.4, -0.2) is 56.9 Å². The third-order valence-electron chi connectivity index (χ3n) is 2.31. The molecular formula is C10H21N3O3. The van der Waals surface area contributed by atoms with Crippen molar-refractivity contribution in [2.75, 3.05) is 46.0 Å². The highest BCUT2D eigenvalue weighted by Gasteiger charge is 2.09. The first-order chi connectivity index (χ1) is 7.83. The minimum absolute atomic E-state index is 0.274. The molecule has 0 radical (unpaired) electrons. The van der Waals surface area contributed by atoms with Crippen molar-refractivity contribution in [3.63, 3.8) is 0 Å². The number of carbonyl (C=O) groups is 1. The number of rotatable bonds is 6. The Hall–Kier alpha value is -0.850. The lowest BCUT2D eigenvalue weighted by molar-refractivity contribution is 0.00503. The van der Waals surface area contributed by atoms with Gasteiger partial charge in [-0.05, 0) is 6.42 Å². The van der Waals surface area contributed by atoms with Gasteiger partial charge < -0.3 is 10.1 Å². The second kappa shape index (κ2) is 8.32. The number of urea groups is 1. The molecule has 1 aliphatic rings. The Morgan fingerprint density at radius 1 is 1.44 bits per heavy atom. The van der Waals surface area contributed by atoms with E-state index in [1.807, 2.05) is 6.92 Å². The number of amides is 2. The zero-order valence-corrected chi connectivity index (χ0v) is 9.83. The first-order valence-electron chi connectivity index (χ1n) is 5.78. The number of hydroxylamine groups is 1. The van der Waals surface area contributed by atoms with E-state index < -0.39 is 0 Å². The molecule has 1 aliphatic heterocycles. The molecule has 0 aromatic heterocycles. The summed E-state index contributed by atoms with van der Waals surface area (Å²) in [6.07, 6.45) is 0.918. The lowest BCUT2D eigenvalue weighted by atomic mass is 10.4. The van der Waals surface area contributed by atoms with E-state index in [1.165, 1.54) is 0 Å². The number of morpholine rings is 1. The Morgan fingerprint density at radius 2 is 2.19 bits per heavy atom. The Labute approximate surface area is 96.2 Å². The number of hydrogen-bond acceptors (Lipinski definition) is 4. The molecule has 0 bridgehead atoms. The van der Waals surface area contributed by atoms with E-state index in [2.05, 4.69) is 15.7 Å². The Kier molecular flexibility index (Phi) is 6.87.